The number of hydrogen-bond donors (Lipinski definition) is 2. The Bertz CT molecular complexity index is 970. The summed E-state index contributed by atoms with van der Waals surface area (Å²) in [6.45, 7) is 10.3. The molecular weight excluding hydrogens is 376 g/mol. The number of nitrogens with one attached hydrogen (secondary N) is 2. The van der Waals surface area contributed by atoms with Crippen LogP contribution in [-0.2, 0) is 20.1 Å². The van der Waals surface area contributed by atoms with Gasteiger partial charge in [-0.2, -0.15) is 5.10 Å². The topological polar surface area (TPSA) is 85.0 Å². The Labute approximate surface area is 178 Å². The van der Waals surface area contributed by atoms with Gasteiger partial charge in [0, 0.05) is 25.8 Å². The molecular formula is C22H32N8. The van der Waals surface area contributed by atoms with Crippen LogP contribution in [-0.4, -0.2) is 37.0 Å². The molecule has 0 aliphatic rings. The smallest absolute Gasteiger partial charge is 0.192 e. The summed E-state index contributed by atoms with van der Waals surface area (Å²) in [7, 11) is 1.96. The molecule has 8 heteroatoms. The zero-order chi connectivity index (χ0) is 21.5. The molecule has 1 aromatic carbocycles. The maximum absolute atomic E-state index is 4.75. The van der Waals surface area contributed by atoms with Crippen LogP contribution in [0, 0.1) is 20.8 Å². The van der Waals surface area contributed by atoms with Gasteiger partial charge in [-0.05, 0) is 45.7 Å². The summed E-state index contributed by atoms with van der Waals surface area (Å²) in [4.78, 5) is 4.75. The third kappa shape index (κ3) is 5.68. The van der Waals surface area contributed by atoms with Gasteiger partial charge in [-0.3, -0.25) is 4.68 Å². The first-order valence-electron chi connectivity index (χ1n) is 10.4. The Morgan fingerprint density at radius 1 is 1.13 bits per heavy atom. The lowest BCUT2D eigenvalue weighted by Gasteiger charge is -2.19. The second kappa shape index (κ2) is 10.0. The predicted molar refractivity (Wildman–Crippen MR) is 119 cm³/mol. The fourth-order valence-electron chi connectivity index (χ4n) is 3.26. The average molecular weight is 409 g/mol. The lowest BCUT2D eigenvalue weighted by Crippen LogP contribution is -2.39. The second-order valence-corrected chi connectivity index (χ2v) is 7.59. The molecule has 3 rings (SSSR count). The van der Waals surface area contributed by atoms with Crippen molar-refractivity contribution in [1.82, 2.24) is 35.2 Å². The van der Waals surface area contributed by atoms with Gasteiger partial charge in [0.2, 0.25) is 0 Å². The summed E-state index contributed by atoms with van der Waals surface area (Å²) in [6, 6.07) is 12.6. The molecule has 1 unspecified atom stereocenters. The Morgan fingerprint density at radius 2 is 1.90 bits per heavy atom. The molecule has 0 saturated carbocycles. The molecule has 3 aromatic rings. The van der Waals surface area contributed by atoms with Crippen molar-refractivity contribution in [3.8, 4) is 0 Å². The molecule has 1 atom stereocenters. The first-order chi connectivity index (χ1) is 14.4. The summed E-state index contributed by atoms with van der Waals surface area (Å²) in [5, 5.41) is 19.8. The number of nitrogens with zero attached hydrogens (tertiary/aromatic N) is 6. The van der Waals surface area contributed by atoms with Crippen LogP contribution in [0.4, 0.5) is 0 Å². The standard InChI is InChI=1S/C22H32N8/c1-16-14-17(2)30(28-16)13-9-12-23-22(24-15-21-27-26-19(4)29(21)5)25-18(3)20-10-7-6-8-11-20/h6-8,10-11,14,18H,9,12-13,15H2,1-5H3,(H2,23,24,25). The molecule has 2 aromatic heterocycles. The largest absolute Gasteiger partial charge is 0.356 e. The molecule has 160 valence electrons. The van der Waals surface area contributed by atoms with E-state index in [2.05, 4.69) is 74.8 Å². The third-order valence-corrected chi connectivity index (χ3v) is 5.16. The van der Waals surface area contributed by atoms with Gasteiger partial charge in [0.25, 0.3) is 0 Å². The van der Waals surface area contributed by atoms with Gasteiger partial charge in [-0.25, -0.2) is 4.99 Å². The molecule has 8 nitrogen and oxygen atoms in total. The van der Waals surface area contributed by atoms with Crippen molar-refractivity contribution < 1.29 is 0 Å². The van der Waals surface area contributed by atoms with Crippen molar-refractivity contribution in [2.24, 2.45) is 12.0 Å². The summed E-state index contributed by atoms with van der Waals surface area (Å²) in [6.07, 6.45) is 0.950. The van der Waals surface area contributed by atoms with E-state index in [1.807, 2.05) is 31.5 Å². The molecule has 0 bridgehead atoms. The highest BCUT2D eigenvalue weighted by Gasteiger charge is 2.10. The van der Waals surface area contributed by atoms with Gasteiger partial charge >= 0.3 is 0 Å². The van der Waals surface area contributed by atoms with E-state index in [0.717, 1.165) is 42.8 Å². The first-order valence-corrected chi connectivity index (χ1v) is 10.4. The minimum atomic E-state index is 0.134. The van der Waals surface area contributed by atoms with Gasteiger partial charge in [-0.1, -0.05) is 30.3 Å². The molecule has 0 saturated heterocycles. The Morgan fingerprint density at radius 3 is 2.53 bits per heavy atom. The minimum Gasteiger partial charge on any atom is -0.356 e. The van der Waals surface area contributed by atoms with Gasteiger partial charge in [-0.15, -0.1) is 10.2 Å². The van der Waals surface area contributed by atoms with Gasteiger partial charge in [0.15, 0.2) is 11.8 Å². The lowest BCUT2D eigenvalue weighted by molar-refractivity contribution is 0.552. The quantitative estimate of drug-likeness (QED) is 0.340. The lowest BCUT2D eigenvalue weighted by atomic mass is 10.1. The molecule has 0 spiro atoms. The molecule has 2 N–H and O–H groups in total. The van der Waals surface area contributed by atoms with Crippen molar-refractivity contribution in [3.63, 3.8) is 0 Å². The maximum atomic E-state index is 4.75. The number of aryl methyl sites for hydroxylation is 4. The van der Waals surface area contributed by atoms with Crippen molar-refractivity contribution in [2.75, 3.05) is 6.54 Å². The van der Waals surface area contributed by atoms with E-state index in [4.69, 9.17) is 4.99 Å². The van der Waals surface area contributed by atoms with Crippen LogP contribution in [0.2, 0.25) is 0 Å². The average Bonchev–Trinajstić information content (AvgIpc) is 3.23. The Kier molecular flexibility index (Phi) is 7.21. The first kappa shape index (κ1) is 21.5. The number of aliphatic imine (C=N–C) groups is 1. The van der Waals surface area contributed by atoms with Crippen LogP contribution >= 0.6 is 0 Å². The summed E-state index contributed by atoms with van der Waals surface area (Å²) >= 11 is 0. The van der Waals surface area contributed by atoms with Crippen LogP contribution in [0.15, 0.2) is 41.4 Å². The van der Waals surface area contributed by atoms with Crippen LogP contribution in [0.5, 0.6) is 0 Å². The molecule has 2 heterocycles. The van der Waals surface area contributed by atoms with E-state index in [1.165, 1.54) is 11.3 Å². The molecule has 0 aliphatic carbocycles. The van der Waals surface area contributed by atoms with Gasteiger partial charge in [0.1, 0.15) is 12.4 Å². The molecule has 0 amide bonds. The van der Waals surface area contributed by atoms with Crippen LogP contribution in [0.25, 0.3) is 0 Å². The fourth-order valence-corrected chi connectivity index (χ4v) is 3.26. The zero-order valence-corrected chi connectivity index (χ0v) is 18.6. The molecule has 0 aliphatic heterocycles. The van der Waals surface area contributed by atoms with Gasteiger partial charge in [0.05, 0.1) is 11.7 Å². The highest BCUT2D eigenvalue weighted by atomic mass is 15.3. The monoisotopic (exact) mass is 408 g/mol. The zero-order valence-electron chi connectivity index (χ0n) is 18.6. The fraction of sp³-hybridized carbons (Fsp3) is 0.455. The summed E-state index contributed by atoms with van der Waals surface area (Å²) in [5.74, 6) is 2.48. The van der Waals surface area contributed by atoms with Crippen LogP contribution in [0.3, 0.4) is 0 Å². The molecule has 0 fully saturated rings. The Hall–Kier alpha value is -3.16. The van der Waals surface area contributed by atoms with E-state index in [-0.39, 0.29) is 6.04 Å². The van der Waals surface area contributed by atoms with E-state index >= 15 is 0 Å². The van der Waals surface area contributed by atoms with E-state index in [9.17, 15) is 0 Å². The molecule has 30 heavy (non-hydrogen) atoms. The van der Waals surface area contributed by atoms with Crippen molar-refractivity contribution >= 4 is 5.96 Å². The number of rotatable bonds is 8. The SMILES string of the molecule is Cc1cc(C)n(CCCNC(=NCc2nnc(C)n2C)NC(C)c2ccccc2)n1. The summed E-state index contributed by atoms with van der Waals surface area (Å²) in [5.41, 5.74) is 3.46. The van der Waals surface area contributed by atoms with E-state index < -0.39 is 0 Å². The van der Waals surface area contributed by atoms with E-state index in [0.29, 0.717) is 6.54 Å². The molecule has 0 radical (unpaired) electrons. The third-order valence-electron chi connectivity index (χ3n) is 5.16. The van der Waals surface area contributed by atoms with Crippen molar-refractivity contribution in [1.29, 1.82) is 0 Å². The second-order valence-electron chi connectivity index (χ2n) is 7.59. The minimum absolute atomic E-state index is 0.134. The highest BCUT2D eigenvalue weighted by Crippen LogP contribution is 2.11. The number of hydrogen-bond acceptors (Lipinski definition) is 4. The highest BCUT2D eigenvalue weighted by molar-refractivity contribution is 5.80. The van der Waals surface area contributed by atoms with Crippen molar-refractivity contribution in [2.45, 2.75) is 53.2 Å². The van der Waals surface area contributed by atoms with Crippen molar-refractivity contribution in [3.05, 3.63) is 65.0 Å². The number of guanidine groups is 1. The summed E-state index contributed by atoms with van der Waals surface area (Å²) < 4.78 is 4.01. The van der Waals surface area contributed by atoms with Crippen LogP contribution < -0.4 is 10.6 Å². The predicted octanol–water partition coefficient (Wildman–Crippen LogP) is 2.82. The maximum Gasteiger partial charge on any atom is 0.192 e. The van der Waals surface area contributed by atoms with Crippen LogP contribution in [0.1, 0.15) is 48.0 Å². The number of aromatic nitrogens is 5. The number of benzene rings is 1. The Balaban J connectivity index is 1.62. The normalized spacial score (nSPS) is 12.8. The van der Waals surface area contributed by atoms with E-state index in [1.54, 1.807) is 0 Å². The van der Waals surface area contributed by atoms with Gasteiger partial charge < -0.3 is 15.2 Å².